The molecule has 1 fully saturated rings. The van der Waals surface area contributed by atoms with E-state index in [9.17, 15) is 19.7 Å². The van der Waals surface area contributed by atoms with E-state index >= 15 is 0 Å². The Morgan fingerprint density at radius 2 is 1.66 bits per heavy atom. The first-order valence-electron chi connectivity index (χ1n) is 10.4. The minimum atomic E-state index is -0.619. The van der Waals surface area contributed by atoms with Gasteiger partial charge in [0.25, 0.3) is 17.5 Å². The molecule has 1 saturated heterocycles. The topological polar surface area (TPSA) is 114 Å². The van der Waals surface area contributed by atoms with E-state index in [0.29, 0.717) is 37.6 Å². The zero-order chi connectivity index (χ0) is 22.7. The molecule has 2 aliphatic rings. The van der Waals surface area contributed by atoms with Gasteiger partial charge in [0.2, 0.25) is 0 Å². The van der Waals surface area contributed by atoms with Gasteiger partial charge in [-0.2, -0.15) is 0 Å². The molecule has 10 nitrogen and oxygen atoms in total. The molecule has 10 heteroatoms. The molecule has 0 radical (unpaired) electrons. The van der Waals surface area contributed by atoms with Crippen molar-refractivity contribution in [3.05, 3.63) is 63.2 Å². The number of carbonyl (C=O) groups is 2. The number of benzene rings is 2. The molecule has 0 aromatic heterocycles. The third-order valence-corrected chi connectivity index (χ3v) is 5.55. The lowest BCUT2D eigenvalue weighted by Crippen LogP contribution is -2.47. The van der Waals surface area contributed by atoms with Crippen molar-refractivity contribution >= 4 is 17.5 Å². The first kappa shape index (κ1) is 21.6. The van der Waals surface area contributed by atoms with Crippen LogP contribution in [0, 0.1) is 10.1 Å². The van der Waals surface area contributed by atoms with E-state index < -0.39 is 10.8 Å². The number of rotatable bonds is 5. The summed E-state index contributed by atoms with van der Waals surface area (Å²) in [5, 5.41) is 14.1. The molecule has 0 saturated carbocycles. The lowest BCUT2D eigenvalue weighted by molar-refractivity contribution is -0.385. The molecular weight excluding hydrogens is 416 g/mol. The standard InChI is InChI=1S/C22H24N4O6/c1-24-6-8-25(9-7-24)22(28)16-4-2-15(3-5-16)14-23-21(27)17-12-19-20(32-11-10-31-19)13-18(17)26(29)30/h2-5,12-13H,6-11,14H2,1H3,(H,23,27). The van der Waals surface area contributed by atoms with Crippen LogP contribution in [0.5, 0.6) is 11.5 Å². The Balaban J connectivity index is 1.41. The van der Waals surface area contributed by atoms with E-state index in [1.165, 1.54) is 12.1 Å². The molecule has 2 heterocycles. The number of nitro groups is 1. The van der Waals surface area contributed by atoms with Gasteiger partial charge in [-0.05, 0) is 24.7 Å². The number of nitro benzene ring substituents is 1. The molecule has 0 bridgehead atoms. The van der Waals surface area contributed by atoms with Crippen LogP contribution in [0.25, 0.3) is 0 Å². The number of likely N-dealkylation sites (N-methyl/N-ethyl adjacent to an activating group) is 1. The number of nitrogens with one attached hydrogen (secondary N) is 1. The predicted octanol–water partition coefficient (Wildman–Crippen LogP) is 1.68. The summed E-state index contributed by atoms with van der Waals surface area (Å²) in [6.07, 6.45) is 0. The van der Waals surface area contributed by atoms with Crippen molar-refractivity contribution in [2.75, 3.05) is 46.4 Å². The van der Waals surface area contributed by atoms with Gasteiger partial charge in [0.05, 0.1) is 11.0 Å². The number of amides is 2. The largest absolute Gasteiger partial charge is 0.486 e. The summed E-state index contributed by atoms with van der Waals surface area (Å²) in [5.74, 6) is -0.0503. The van der Waals surface area contributed by atoms with Crippen molar-refractivity contribution in [1.29, 1.82) is 0 Å². The summed E-state index contributed by atoms with van der Waals surface area (Å²) in [4.78, 5) is 40.1. The normalized spacial score (nSPS) is 15.8. The quantitative estimate of drug-likeness (QED) is 0.556. The molecule has 4 rings (SSSR count). The maximum Gasteiger partial charge on any atom is 0.286 e. The summed E-state index contributed by atoms with van der Waals surface area (Å²) in [6.45, 7) is 3.86. The number of piperazine rings is 1. The highest BCUT2D eigenvalue weighted by atomic mass is 16.6. The number of hydrogen-bond donors (Lipinski definition) is 1. The fourth-order valence-corrected chi connectivity index (χ4v) is 3.65. The van der Waals surface area contributed by atoms with Gasteiger partial charge in [0.1, 0.15) is 18.8 Å². The van der Waals surface area contributed by atoms with Gasteiger partial charge in [-0.25, -0.2) is 0 Å². The first-order chi connectivity index (χ1) is 15.4. The Morgan fingerprint density at radius 3 is 2.28 bits per heavy atom. The third-order valence-electron chi connectivity index (χ3n) is 5.55. The lowest BCUT2D eigenvalue weighted by atomic mass is 10.1. The summed E-state index contributed by atoms with van der Waals surface area (Å²) in [5.41, 5.74) is 0.918. The number of carbonyl (C=O) groups excluding carboxylic acids is 2. The van der Waals surface area contributed by atoms with Crippen LogP contribution in [0.3, 0.4) is 0 Å². The average Bonchev–Trinajstić information content (AvgIpc) is 2.82. The van der Waals surface area contributed by atoms with Gasteiger partial charge in [-0.3, -0.25) is 19.7 Å². The predicted molar refractivity (Wildman–Crippen MR) is 115 cm³/mol. The fourth-order valence-electron chi connectivity index (χ4n) is 3.65. The molecule has 168 valence electrons. The van der Waals surface area contributed by atoms with Crippen molar-refractivity contribution in [1.82, 2.24) is 15.1 Å². The molecule has 1 N–H and O–H groups in total. The molecule has 2 amide bonds. The second-order valence-electron chi connectivity index (χ2n) is 7.75. The summed E-state index contributed by atoms with van der Waals surface area (Å²) < 4.78 is 10.8. The molecule has 2 aromatic rings. The van der Waals surface area contributed by atoms with E-state index in [-0.39, 0.29) is 29.5 Å². The van der Waals surface area contributed by atoms with Crippen molar-refractivity contribution in [2.24, 2.45) is 0 Å². The van der Waals surface area contributed by atoms with Crippen molar-refractivity contribution in [2.45, 2.75) is 6.54 Å². The highest BCUT2D eigenvalue weighted by molar-refractivity contribution is 5.99. The molecule has 2 aliphatic heterocycles. The Bertz CT molecular complexity index is 1030. The number of fused-ring (bicyclic) bond motifs is 1. The van der Waals surface area contributed by atoms with Crippen LogP contribution in [0.2, 0.25) is 0 Å². The zero-order valence-corrected chi connectivity index (χ0v) is 17.7. The van der Waals surface area contributed by atoms with Crippen LogP contribution in [-0.2, 0) is 6.54 Å². The Hall–Kier alpha value is -3.66. The molecule has 0 aliphatic carbocycles. The van der Waals surface area contributed by atoms with Gasteiger partial charge in [0, 0.05) is 44.4 Å². The zero-order valence-electron chi connectivity index (χ0n) is 17.7. The van der Waals surface area contributed by atoms with E-state index in [1.807, 2.05) is 11.9 Å². The van der Waals surface area contributed by atoms with Crippen molar-refractivity contribution in [3.63, 3.8) is 0 Å². The fraction of sp³-hybridized carbons (Fsp3) is 0.364. The molecule has 32 heavy (non-hydrogen) atoms. The van der Waals surface area contributed by atoms with E-state index in [2.05, 4.69) is 10.2 Å². The second kappa shape index (κ2) is 9.23. The van der Waals surface area contributed by atoms with Crippen molar-refractivity contribution in [3.8, 4) is 11.5 Å². The lowest BCUT2D eigenvalue weighted by Gasteiger charge is -2.32. The Kier molecular flexibility index (Phi) is 6.22. The van der Waals surface area contributed by atoms with Crippen LogP contribution in [0.1, 0.15) is 26.3 Å². The first-order valence-corrected chi connectivity index (χ1v) is 10.4. The summed E-state index contributed by atoms with van der Waals surface area (Å²) in [6, 6.07) is 9.54. The summed E-state index contributed by atoms with van der Waals surface area (Å²) >= 11 is 0. The number of ether oxygens (including phenoxy) is 2. The molecular formula is C22H24N4O6. The third kappa shape index (κ3) is 4.65. The maximum absolute atomic E-state index is 12.7. The van der Waals surface area contributed by atoms with Crippen LogP contribution >= 0.6 is 0 Å². The Morgan fingerprint density at radius 1 is 1.03 bits per heavy atom. The van der Waals surface area contributed by atoms with E-state index in [0.717, 1.165) is 18.7 Å². The molecule has 0 atom stereocenters. The van der Waals surface area contributed by atoms with E-state index in [1.54, 1.807) is 24.3 Å². The smallest absolute Gasteiger partial charge is 0.286 e. The minimum Gasteiger partial charge on any atom is -0.486 e. The minimum absolute atomic E-state index is 0.0133. The van der Waals surface area contributed by atoms with Crippen LogP contribution in [0.4, 0.5) is 5.69 Å². The SMILES string of the molecule is CN1CCN(C(=O)c2ccc(CNC(=O)c3cc4c(cc3[N+](=O)[O-])OCCO4)cc2)CC1. The number of nitrogens with zero attached hydrogens (tertiary/aromatic N) is 3. The van der Waals surface area contributed by atoms with Gasteiger partial charge in [-0.15, -0.1) is 0 Å². The maximum atomic E-state index is 12.7. The molecule has 0 unspecified atom stereocenters. The second-order valence-corrected chi connectivity index (χ2v) is 7.75. The molecule has 2 aromatic carbocycles. The molecule has 0 spiro atoms. The average molecular weight is 440 g/mol. The number of hydrogen-bond acceptors (Lipinski definition) is 7. The monoisotopic (exact) mass is 440 g/mol. The Labute approximate surface area is 184 Å². The highest BCUT2D eigenvalue weighted by Gasteiger charge is 2.26. The van der Waals surface area contributed by atoms with Crippen LogP contribution in [0.15, 0.2) is 36.4 Å². The highest BCUT2D eigenvalue weighted by Crippen LogP contribution is 2.36. The van der Waals surface area contributed by atoms with Gasteiger partial charge in [-0.1, -0.05) is 12.1 Å². The van der Waals surface area contributed by atoms with Gasteiger partial charge >= 0.3 is 0 Å². The van der Waals surface area contributed by atoms with Gasteiger partial charge in [0.15, 0.2) is 11.5 Å². The van der Waals surface area contributed by atoms with Crippen LogP contribution in [-0.4, -0.2) is 73.0 Å². The van der Waals surface area contributed by atoms with Crippen LogP contribution < -0.4 is 14.8 Å². The van der Waals surface area contributed by atoms with Gasteiger partial charge < -0.3 is 24.6 Å². The van der Waals surface area contributed by atoms with Crippen molar-refractivity contribution < 1.29 is 24.0 Å². The summed E-state index contributed by atoms with van der Waals surface area (Å²) in [7, 11) is 2.03. The van der Waals surface area contributed by atoms with E-state index in [4.69, 9.17) is 9.47 Å².